The maximum Gasteiger partial charge on any atom is 0.119 e. The van der Waals surface area contributed by atoms with Crippen LogP contribution < -0.4 is 10.1 Å². The predicted molar refractivity (Wildman–Crippen MR) is 111 cm³/mol. The SMILES string of the molecule is CC(C)Oc1ccc(C(NC2CCC(CCO)CC2)c2ccccc2)cc1. The van der Waals surface area contributed by atoms with Gasteiger partial charge in [-0.2, -0.15) is 0 Å². The smallest absolute Gasteiger partial charge is 0.119 e. The monoisotopic (exact) mass is 367 g/mol. The van der Waals surface area contributed by atoms with Gasteiger partial charge in [-0.25, -0.2) is 0 Å². The van der Waals surface area contributed by atoms with E-state index in [1.165, 1.54) is 36.8 Å². The van der Waals surface area contributed by atoms with Gasteiger partial charge in [0.15, 0.2) is 0 Å². The van der Waals surface area contributed by atoms with E-state index in [0.29, 0.717) is 18.6 Å². The fraction of sp³-hybridized carbons (Fsp3) is 0.500. The first kappa shape index (κ1) is 19.9. The lowest BCUT2D eigenvalue weighted by Crippen LogP contribution is -2.36. The van der Waals surface area contributed by atoms with Crippen molar-refractivity contribution < 1.29 is 9.84 Å². The molecular weight excluding hydrogens is 334 g/mol. The lowest BCUT2D eigenvalue weighted by molar-refractivity contribution is 0.211. The summed E-state index contributed by atoms with van der Waals surface area (Å²) in [5, 5.41) is 13.1. The Morgan fingerprint density at radius 2 is 1.56 bits per heavy atom. The molecule has 146 valence electrons. The van der Waals surface area contributed by atoms with Gasteiger partial charge in [0.25, 0.3) is 0 Å². The summed E-state index contributed by atoms with van der Waals surface area (Å²) in [5.41, 5.74) is 2.57. The van der Waals surface area contributed by atoms with Gasteiger partial charge in [0, 0.05) is 12.6 Å². The molecule has 3 nitrogen and oxygen atoms in total. The largest absolute Gasteiger partial charge is 0.491 e. The molecule has 0 aliphatic heterocycles. The minimum Gasteiger partial charge on any atom is -0.491 e. The summed E-state index contributed by atoms with van der Waals surface area (Å²) < 4.78 is 5.80. The van der Waals surface area contributed by atoms with Crippen LogP contribution in [0, 0.1) is 5.92 Å². The number of rotatable bonds is 8. The van der Waals surface area contributed by atoms with Crippen molar-refractivity contribution in [2.45, 2.75) is 64.1 Å². The predicted octanol–water partition coefficient (Wildman–Crippen LogP) is 5.09. The molecule has 1 aliphatic rings. The van der Waals surface area contributed by atoms with Crippen molar-refractivity contribution in [3.05, 3.63) is 65.7 Å². The Labute approximate surface area is 163 Å². The first-order chi connectivity index (χ1) is 13.2. The van der Waals surface area contributed by atoms with Crippen LogP contribution in [0.4, 0.5) is 0 Å². The maximum absolute atomic E-state index is 9.18. The molecule has 0 aromatic heterocycles. The van der Waals surface area contributed by atoms with E-state index in [1.54, 1.807) is 0 Å². The van der Waals surface area contributed by atoms with Crippen molar-refractivity contribution in [2.24, 2.45) is 5.92 Å². The Balaban J connectivity index is 1.72. The summed E-state index contributed by atoms with van der Waals surface area (Å²) in [6, 6.07) is 19.9. The van der Waals surface area contributed by atoms with E-state index >= 15 is 0 Å². The molecule has 2 N–H and O–H groups in total. The molecule has 0 heterocycles. The maximum atomic E-state index is 9.18. The van der Waals surface area contributed by atoms with Crippen molar-refractivity contribution in [3.63, 3.8) is 0 Å². The minimum absolute atomic E-state index is 0.188. The van der Waals surface area contributed by atoms with E-state index in [2.05, 4.69) is 73.8 Å². The van der Waals surface area contributed by atoms with Gasteiger partial charge in [-0.3, -0.25) is 0 Å². The summed E-state index contributed by atoms with van der Waals surface area (Å²) in [6.45, 7) is 4.42. The first-order valence-corrected chi connectivity index (χ1v) is 10.3. The topological polar surface area (TPSA) is 41.5 Å². The number of nitrogens with one attached hydrogen (secondary N) is 1. The molecule has 0 saturated heterocycles. The molecule has 27 heavy (non-hydrogen) atoms. The van der Waals surface area contributed by atoms with Gasteiger partial charge >= 0.3 is 0 Å². The van der Waals surface area contributed by atoms with Crippen LogP contribution in [0.25, 0.3) is 0 Å². The molecule has 1 aliphatic carbocycles. The number of aliphatic hydroxyl groups is 1. The summed E-state index contributed by atoms with van der Waals surface area (Å²) in [4.78, 5) is 0. The first-order valence-electron chi connectivity index (χ1n) is 10.3. The van der Waals surface area contributed by atoms with Gasteiger partial charge < -0.3 is 15.2 Å². The molecule has 1 saturated carbocycles. The standard InChI is InChI=1S/C24H33NO2/c1-18(2)27-23-14-10-21(11-15-23)24(20-6-4-3-5-7-20)25-22-12-8-19(9-13-22)16-17-26/h3-7,10-11,14-15,18-19,22,24-26H,8-9,12-13,16-17H2,1-2H3. The van der Waals surface area contributed by atoms with Crippen molar-refractivity contribution in [3.8, 4) is 5.75 Å². The Morgan fingerprint density at radius 1 is 0.926 bits per heavy atom. The highest BCUT2D eigenvalue weighted by Gasteiger charge is 2.24. The Hall–Kier alpha value is -1.84. The fourth-order valence-electron chi connectivity index (χ4n) is 4.08. The molecule has 3 heteroatoms. The number of hydrogen-bond donors (Lipinski definition) is 2. The van der Waals surface area contributed by atoms with E-state index in [4.69, 9.17) is 4.74 Å². The second-order valence-corrected chi connectivity index (χ2v) is 7.98. The third kappa shape index (κ3) is 5.82. The quantitative estimate of drug-likeness (QED) is 0.682. The summed E-state index contributed by atoms with van der Waals surface area (Å²) in [6.07, 6.45) is 5.92. The molecule has 2 aromatic carbocycles. The lowest BCUT2D eigenvalue weighted by atomic mass is 9.83. The molecule has 1 unspecified atom stereocenters. The Bertz CT molecular complexity index is 661. The molecule has 3 rings (SSSR count). The van der Waals surface area contributed by atoms with Crippen LogP contribution in [0.2, 0.25) is 0 Å². The van der Waals surface area contributed by atoms with E-state index in [9.17, 15) is 5.11 Å². The van der Waals surface area contributed by atoms with Gasteiger partial charge in [-0.1, -0.05) is 42.5 Å². The van der Waals surface area contributed by atoms with Crippen LogP contribution in [-0.2, 0) is 0 Å². The number of benzene rings is 2. The van der Waals surface area contributed by atoms with E-state index in [-0.39, 0.29) is 12.1 Å². The van der Waals surface area contributed by atoms with Crippen LogP contribution in [0.15, 0.2) is 54.6 Å². The third-order valence-electron chi connectivity index (χ3n) is 5.50. The summed E-state index contributed by atoms with van der Waals surface area (Å²) in [5.74, 6) is 1.61. The second kappa shape index (κ2) is 9.91. The highest BCUT2D eigenvalue weighted by molar-refractivity contribution is 5.35. The van der Waals surface area contributed by atoms with Crippen molar-refractivity contribution in [1.29, 1.82) is 0 Å². The summed E-state index contributed by atoms with van der Waals surface area (Å²) in [7, 11) is 0. The molecule has 0 amide bonds. The van der Waals surface area contributed by atoms with E-state index < -0.39 is 0 Å². The van der Waals surface area contributed by atoms with Crippen LogP contribution in [0.3, 0.4) is 0 Å². The molecule has 1 atom stereocenters. The Kier molecular flexibility index (Phi) is 7.31. The van der Waals surface area contributed by atoms with Crippen molar-refractivity contribution >= 4 is 0 Å². The van der Waals surface area contributed by atoms with E-state index in [1.807, 2.05) is 0 Å². The third-order valence-corrected chi connectivity index (χ3v) is 5.50. The van der Waals surface area contributed by atoms with Crippen molar-refractivity contribution in [1.82, 2.24) is 5.32 Å². The zero-order valence-corrected chi connectivity index (χ0v) is 16.6. The molecule has 0 radical (unpaired) electrons. The van der Waals surface area contributed by atoms with Gasteiger partial charge in [0.2, 0.25) is 0 Å². The second-order valence-electron chi connectivity index (χ2n) is 7.98. The average molecular weight is 368 g/mol. The van der Waals surface area contributed by atoms with Gasteiger partial charge in [-0.05, 0) is 75.1 Å². The van der Waals surface area contributed by atoms with Gasteiger partial charge in [-0.15, -0.1) is 0 Å². The van der Waals surface area contributed by atoms with Crippen LogP contribution >= 0.6 is 0 Å². The Morgan fingerprint density at radius 3 is 2.15 bits per heavy atom. The average Bonchev–Trinajstić information content (AvgIpc) is 2.69. The molecule has 0 bridgehead atoms. The van der Waals surface area contributed by atoms with Crippen LogP contribution in [-0.4, -0.2) is 23.9 Å². The van der Waals surface area contributed by atoms with Crippen LogP contribution in [0.1, 0.15) is 63.1 Å². The van der Waals surface area contributed by atoms with Gasteiger partial charge in [0.1, 0.15) is 5.75 Å². The fourth-order valence-corrected chi connectivity index (χ4v) is 4.08. The number of ether oxygens (including phenoxy) is 1. The normalized spacial score (nSPS) is 21.2. The lowest BCUT2D eigenvalue weighted by Gasteiger charge is -2.32. The molecular formula is C24H33NO2. The zero-order valence-electron chi connectivity index (χ0n) is 16.6. The van der Waals surface area contributed by atoms with Gasteiger partial charge in [0.05, 0.1) is 12.1 Å². The summed E-state index contributed by atoms with van der Waals surface area (Å²) >= 11 is 0. The zero-order chi connectivity index (χ0) is 19.1. The molecule has 2 aromatic rings. The van der Waals surface area contributed by atoms with Crippen LogP contribution in [0.5, 0.6) is 5.75 Å². The number of hydrogen-bond acceptors (Lipinski definition) is 3. The molecule has 0 spiro atoms. The minimum atomic E-state index is 0.188. The number of aliphatic hydroxyl groups excluding tert-OH is 1. The highest BCUT2D eigenvalue weighted by Crippen LogP contribution is 2.31. The highest BCUT2D eigenvalue weighted by atomic mass is 16.5. The van der Waals surface area contributed by atoms with E-state index in [0.717, 1.165) is 12.2 Å². The molecule has 1 fully saturated rings. The van der Waals surface area contributed by atoms with Crippen molar-refractivity contribution in [2.75, 3.05) is 6.61 Å².